The average molecular weight is 732 g/mol. The molecule has 6 rings (SSSR count). The van der Waals surface area contributed by atoms with Crippen molar-refractivity contribution in [2.45, 2.75) is 56.0 Å². The maximum Gasteiger partial charge on any atom is 0.490 e. The lowest BCUT2D eigenvalue weighted by Gasteiger charge is -2.51. The van der Waals surface area contributed by atoms with Crippen molar-refractivity contribution in [1.82, 2.24) is 9.62 Å². The third kappa shape index (κ3) is 8.79. The molecule has 3 aromatic carbocycles. The molecule has 2 N–H and O–H groups in total. The van der Waals surface area contributed by atoms with Crippen LogP contribution in [-0.2, 0) is 14.8 Å². The SMILES string of the molecule is CC1(COc2cc(F)c(C(=O)NS(=O)(=O)C3CC3)cc2C2CC2)CN(C(c2ccccc2)c2cc(Cl)cc(Cl)c2)C1.O=C(O)C(F)(F)F. The van der Waals surface area contributed by atoms with Crippen LogP contribution in [-0.4, -0.2) is 61.4 Å². The molecule has 1 heterocycles. The molecule has 1 saturated heterocycles. The molecule has 2 aliphatic carbocycles. The van der Waals surface area contributed by atoms with Crippen LogP contribution in [0.1, 0.15) is 71.6 Å². The van der Waals surface area contributed by atoms with Crippen LogP contribution in [0.15, 0.2) is 60.7 Å². The molecule has 3 aliphatic rings. The molecule has 1 atom stereocenters. The summed E-state index contributed by atoms with van der Waals surface area (Å²) in [4.78, 5) is 23.9. The lowest BCUT2D eigenvalue weighted by Crippen LogP contribution is -2.58. The van der Waals surface area contributed by atoms with Gasteiger partial charge < -0.3 is 9.84 Å². The molecule has 15 heteroatoms. The van der Waals surface area contributed by atoms with Crippen LogP contribution in [0.25, 0.3) is 0 Å². The number of hydrogen-bond acceptors (Lipinski definition) is 6. The van der Waals surface area contributed by atoms with Crippen LogP contribution in [0.5, 0.6) is 5.75 Å². The van der Waals surface area contributed by atoms with E-state index in [9.17, 15) is 26.4 Å². The summed E-state index contributed by atoms with van der Waals surface area (Å²) in [7, 11) is -3.78. The monoisotopic (exact) mass is 730 g/mol. The minimum atomic E-state index is -5.08. The van der Waals surface area contributed by atoms with E-state index in [1.807, 2.05) is 35.1 Å². The summed E-state index contributed by atoms with van der Waals surface area (Å²) in [6, 6.07) is 18.4. The Labute approximate surface area is 285 Å². The average Bonchev–Trinajstić information content (AvgIpc) is 3.89. The first-order chi connectivity index (χ1) is 22.5. The number of ether oxygens (including phenoxy) is 1. The van der Waals surface area contributed by atoms with Crippen molar-refractivity contribution >= 4 is 45.1 Å². The molecule has 0 aromatic heterocycles. The molecular formula is C33H32Cl2F4N2O6S. The van der Waals surface area contributed by atoms with E-state index in [-0.39, 0.29) is 22.9 Å². The van der Waals surface area contributed by atoms with E-state index in [4.69, 9.17) is 37.8 Å². The zero-order valence-electron chi connectivity index (χ0n) is 25.6. The molecule has 1 unspecified atom stereocenters. The van der Waals surface area contributed by atoms with Gasteiger partial charge in [0.1, 0.15) is 11.6 Å². The largest absolute Gasteiger partial charge is 0.493 e. The van der Waals surface area contributed by atoms with E-state index in [1.165, 1.54) is 12.1 Å². The van der Waals surface area contributed by atoms with E-state index in [2.05, 4.69) is 24.0 Å². The summed E-state index contributed by atoms with van der Waals surface area (Å²) in [5, 5.41) is 7.72. The maximum atomic E-state index is 15.1. The van der Waals surface area contributed by atoms with Crippen LogP contribution in [0, 0.1) is 11.2 Å². The summed E-state index contributed by atoms with van der Waals surface area (Å²) in [6.45, 7) is 3.96. The van der Waals surface area contributed by atoms with Crippen molar-refractivity contribution in [1.29, 1.82) is 0 Å². The van der Waals surface area contributed by atoms with Crippen LogP contribution in [0.2, 0.25) is 10.0 Å². The van der Waals surface area contributed by atoms with Gasteiger partial charge in [0, 0.05) is 34.6 Å². The van der Waals surface area contributed by atoms with Gasteiger partial charge in [-0.2, -0.15) is 13.2 Å². The second-order valence-electron chi connectivity index (χ2n) is 12.6. The van der Waals surface area contributed by atoms with E-state index in [0.717, 1.165) is 42.6 Å². The van der Waals surface area contributed by atoms with Crippen molar-refractivity contribution in [3.63, 3.8) is 0 Å². The Morgan fingerprint density at radius 1 is 1.00 bits per heavy atom. The second-order valence-corrected chi connectivity index (χ2v) is 15.5. The van der Waals surface area contributed by atoms with Crippen LogP contribution in [0.4, 0.5) is 17.6 Å². The van der Waals surface area contributed by atoms with Gasteiger partial charge in [-0.25, -0.2) is 22.3 Å². The summed E-state index contributed by atoms with van der Waals surface area (Å²) in [5.74, 6) is -3.91. The standard InChI is InChI=1S/C31H31Cl2FN2O4S.C2HF3O2/c1-31(16-36(17-31)29(20-5-3-2-4-6-20)21-11-22(32)13-23(33)12-21)18-40-28-15-27(34)26(14-25(28)19-7-8-19)30(37)35-41(38,39)24-9-10-24;3-2(4,5)1(6)7/h2-6,11-15,19,24,29H,7-10,16-18H2,1H3,(H,35,37);(H,6,7). The molecule has 258 valence electrons. The number of nitrogens with one attached hydrogen (secondary N) is 1. The van der Waals surface area contributed by atoms with Gasteiger partial charge in [-0.05, 0) is 72.6 Å². The molecule has 0 spiro atoms. The molecule has 3 fully saturated rings. The Balaban J connectivity index is 0.000000582. The highest BCUT2D eigenvalue weighted by Crippen LogP contribution is 2.46. The Morgan fingerprint density at radius 2 is 1.58 bits per heavy atom. The molecule has 8 nitrogen and oxygen atoms in total. The molecule has 3 aromatic rings. The number of alkyl halides is 3. The van der Waals surface area contributed by atoms with Gasteiger partial charge in [0.2, 0.25) is 10.0 Å². The van der Waals surface area contributed by atoms with Crippen molar-refractivity contribution in [3.05, 3.63) is 98.8 Å². The number of carboxylic acid groups (broad SMARTS) is 1. The normalized spacial score (nSPS) is 18.1. The maximum absolute atomic E-state index is 15.1. The van der Waals surface area contributed by atoms with Gasteiger partial charge in [0.05, 0.1) is 23.5 Å². The minimum Gasteiger partial charge on any atom is -0.493 e. The van der Waals surface area contributed by atoms with Crippen molar-refractivity contribution in [2.75, 3.05) is 19.7 Å². The quantitative estimate of drug-likeness (QED) is 0.210. The number of amides is 1. The number of carbonyl (C=O) groups is 2. The fraction of sp³-hybridized carbons (Fsp3) is 0.394. The first-order valence-electron chi connectivity index (χ1n) is 15.0. The summed E-state index contributed by atoms with van der Waals surface area (Å²) in [6.07, 6.45) is -2.23. The molecule has 48 heavy (non-hydrogen) atoms. The highest BCUT2D eigenvalue weighted by molar-refractivity contribution is 7.91. The summed E-state index contributed by atoms with van der Waals surface area (Å²) < 4.78 is 79.6. The number of nitrogens with zero attached hydrogens (tertiary/aromatic N) is 1. The fourth-order valence-electron chi connectivity index (χ4n) is 5.67. The number of sulfonamides is 1. The second kappa shape index (κ2) is 13.9. The molecule has 1 aliphatic heterocycles. The van der Waals surface area contributed by atoms with Gasteiger partial charge >= 0.3 is 12.1 Å². The first-order valence-corrected chi connectivity index (χ1v) is 17.3. The number of carboxylic acids is 1. The van der Waals surface area contributed by atoms with E-state index in [0.29, 0.717) is 35.2 Å². The first kappa shape index (κ1) is 35.9. The molecule has 0 radical (unpaired) electrons. The number of carbonyl (C=O) groups excluding carboxylic acids is 1. The Bertz CT molecular complexity index is 1780. The van der Waals surface area contributed by atoms with Crippen LogP contribution >= 0.6 is 23.2 Å². The third-order valence-electron chi connectivity index (χ3n) is 8.23. The van der Waals surface area contributed by atoms with Crippen LogP contribution in [0.3, 0.4) is 0 Å². The number of benzene rings is 3. The smallest absolute Gasteiger partial charge is 0.490 e. The summed E-state index contributed by atoms with van der Waals surface area (Å²) in [5.41, 5.74) is 2.42. The zero-order valence-corrected chi connectivity index (χ0v) is 27.9. The predicted molar refractivity (Wildman–Crippen MR) is 171 cm³/mol. The minimum absolute atomic E-state index is 0.0374. The highest BCUT2D eigenvalue weighted by Gasteiger charge is 2.44. The van der Waals surface area contributed by atoms with Crippen molar-refractivity contribution in [2.24, 2.45) is 5.41 Å². The Hall–Kier alpha value is -3.39. The van der Waals surface area contributed by atoms with Gasteiger partial charge in [-0.1, -0.05) is 60.5 Å². The number of likely N-dealkylation sites (tertiary alicyclic amines) is 1. The lowest BCUT2D eigenvalue weighted by atomic mass is 9.79. The van der Waals surface area contributed by atoms with Crippen molar-refractivity contribution in [3.8, 4) is 5.75 Å². The molecule has 1 amide bonds. The van der Waals surface area contributed by atoms with Gasteiger partial charge in [-0.15, -0.1) is 0 Å². The fourth-order valence-corrected chi connectivity index (χ4v) is 7.51. The number of halogens is 6. The van der Waals surface area contributed by atoms with Crippen LogP contribution < -0.4 is 9.46 Å². The number of aliphatic carboxylic acids is 1. The topological polar surface area (TPSA) is 113 Å². The molecule has 0 bridgehead atoms. The molecule has 2 saturated carbocycles. The highest BCUT2D eigenvalue weighted by atomic mass is 35.5. The lowest BCUT2D eigenvalue weighted by molar-refractivity contribution is -0.192. The zero-order chi connectivity index (χ0) is 35.0. The van der Waals surface area contributed by atoms with Crippen molar-refractivity contribution < 1.29 is 45.4 Å². The Kier molecular flexibility index (Phi) is 10.4. The van der Waals surface area contributed by atoms with Gasteiger partial charge in [0.15, 0.2) is 0 Å². The van der Waals surface area contributed by atoms with E-state index < -0.39 is 39.1 Å². The van der Waals surface area contributed by atoms with E-state index in [1.54, 1.807) is 6.07 Å². The summed E-state index contributed by atoms with van der Waals surface area (Å²) >= 11 is 12.7. The molecular weight excluding hydrogens is 699 g/mol. The number of rotatable bonds is 10. The van der Waals surface area contributed by atoms with Gasteiger partial charge in [-0.3, -0.25) is 9.69 Å². The third-order valence-corrected chi connectivity index (χ3v) is 10.5. The van der Waals surface area contributed by atoms with E-state index >= 15 is 4.39 Å². The predicted octanol–water partition coefficient (Wildman–Crippen LogP) is 7.36. The van der Waals surface area contributed by atoms with Gasteiger partial charge in [0.25, 0.3) is 5.91 Å². The Morgan fingerprint density at radius 3 is 2.10 bits per heavy atom. The number of hydrogen-bond donors (Lipinski definition) is 2.